The van der Waals surface area contributed by atoms with Crippen LogP contribution in [0.1, 0.15) is 56.2 Å². The van der Waals surface area contributed by atoms with Crippen molar-refractivity contribution in [1.29, 1.82) is 0 Å². The number of aliphatic hydroxyl groups is 1. The molecule has 1 nitrogen and oxygen atoms in total. The molecule has 1 aromatic carbocycles. The normalized spacial score (nSPS) is 11.4. The van der Waals surface area contributed by atoms with Crippen LogP contribution >= 0.6 is 0 Å². The van der Waals surface area contributed by atoms with Gasteiger partial charge in [-0.25, -0.2) is 0 Å². The van der Waals surface area contributed by atoms with Crippen molar-refractivity contribution in [1.82, 2.24) is 0 Å². The van der Waals surface area contributed by atoms with Crippen molar-refractivity contribution in [2.45, 2.75) is 46.1 Å². The summed E-state index contributed by atoms with van der Waals surface area (Å²) in [6, 6.07) is 6.44. The van der Waals surface area contributed by atoms with Crippen LogP contribution in [0.4, 0.5) is 0 Å². The Morgan fingerprint density at radius 1 is 1.07 bits per heavy atom. The first-order valence-corrected chi connectivity index (χ1v) is 5.29. The Labute approximate surface area is 86.8 Å². The first-order valence-electron chi connectivity index (χ1n) is 5.29. The Balaban J connectivity index is 3.11. The molecular weight excluding hydrogens is 172 g/mol. The van der Waals surface area contributed by atoms with Gasteiger partial charge in [-0.15, -0.1) is 0 Å². The van der Waals surface area contributed by atoms with Crippen LogP contribution in [-0.2, 0) is 6.61 Å². The van der Waals surface area contributed by atoms with Crippen molar-refractivity contribution in [2.75, 3.05) is 0 Å². The van der Waals surface area contributed by atoms with Gasteiger partial charge in [0.05, 0.1) is 6.61 Å². The lowest BCUT2D eigenvalue weighted by molar-refractivity contribution is 0.280. The van der Waals surface area contributed by atoms with Crippen LogP contribution in [0.3, 0.4) is 0 Å². The Bertz CT molecular complexity index is 300. The molecule has 0 heterocycles. The maximum atomic E-state index is 9.27. The molecule has 0 radical (unpaired) electrons. The highest BCUT2D eigenvalue weighted by Crippen LogP contribution is 2.24. The van der Waals surface area contributed by atoms with E-state index in [1.165, 1.54) is 11.1 Å². The fourth-order valence-corrected chi connectivity index (χ4v) is 1.68. The van der Waals surface area contributed by atoms with Gasteiger partial charge in [0.15, 0.2) is 0 Å². The number of aliphatic hydroxyl groups excluding tert-OH is 1. The zero-order valence-electron chi connectivity index (χ0n) is 9.54. The molecule has 0 atom stereocenters. The maximum Gasteiger partial charge on any atom is 0.0684 e. The summed E-state index contributed by atoms with van der Waals surface area (Å²) in [5.41, 5.74) is 3.64. The van der Waals surface area contributed by atoms with E-state index >= 15 is 0 Å². The summed E-state index contributed by atoms with van der Waals surface area (Å²) in [4.78, 5) is 0. The molecule has 0 saturated heterocycles. The van der Waals surface area contributed by atoms with E-state index in [1.807, 2.05) is 0 Å². The Morgan fingerprint density at radius 3 is 2.14 bits per heavy atom. The summed E-state index contributed by atoms with van der Waals surface area (Å²) < 4.78 is 0. The maximum absolute atomic E-state index is 9.27. The van der Waals surface area contributed by atoms with E-state index in [0.717, 1.165) is 5.56 Å². The Kier molecular flexibility index (Phi) is 3.70. The molecule has 0 fully saturated rings. The second kappa shape index (κ2) is 4.61. The molecule has 0 aliphatic carbocycles. The van der Waals surface area contributed by atoms with Crippen molar-refractivity contribution < 1.29 is 5.11 Å². The van der Waals surface area contributed by atoms with Crippen molar-refractivity contribution in [3.63, 3.8) is 0 Å². The first-order chi connectivity index (χ1) is 6.56. The monoisotopic (exact) mass is 192 g/mol. The fourth-order valence-electron chi connectivity index (χ4n) is 1.68. The first kappa shape index (κ1) is 11.3. The minimum Gasteiger partial charge on any atom is -0.392 e. The largest absolute Gasteiger partial charge is 0.392 e. The van der Waals surface area contributed by atoms with Crippen LogP contribution in [0, 0.1) is 0 Å². The van der Waals surface area contributed by atoms with Gasteiger partial charge in [0.2, 0.25) is 0 Å². The minimum absolute atomic E-state index is 0.147. The SMILES string of the molecule is CC(C)c1ccc(C(C)C)c(CO)c1. The van der Waals surface area contributed by atoms with Crippen molar-refractivity contribution >= 4 is 0 Å². The van der Waals surface area contributed by atoms with Gasteiger partial charge in [0.1, 0.15) is 0 Å². The average Bonchev–Trinajstić information content (AvgIpc) is 2.16. The molecule has 14 heavy (non-hydrogen) atoms. The van der Waals surface area contributed by atoms with Gasteiger partial charge in [-0.3, -0.25) is 0 Å². The Hall–Kier alpha value is -0.820. The molecule has 0 bridgehead atoms. The van der Waals surface area contributed by atoms with Crippen molar-refractivity contribution in [2.24, 2.45) is 0 Å². The smallest absolute Gasteiger partial charge is 0.0684 e. The molecule has 1 rings (SSSR count). The van der Waals surface area contributed by atoms with E-state index in [4.69, 9.17) is 0 Å². The van der Waals surface area contributed by atoms with Crippen LogP contribution in [0.2, 0.25) is 0 Å². The van der Waals surface area contributed by atoms with Gasteiger partial charge >= 0.3 is 0 Å². The highest BCUT2D eigenvalue weighted by Gasteiger charge is 2.08. The van der Waals surface area contributed by atoms with E-state index in [0.29, 0.717) is 11.8 Å². The molecule has 1 aromatic rings. The standard InChI is InChI=1S/C13H20O/c1-9(2)11-5-6-13(10(3)4)12(7-11)8-14/h5-7,9-10,14H,8H2,1-4H3. The lowest BCUT2D eigenvalue weighted by Gasteiger charge is -2.14. The topological polar surface area (TPSA) is 20.2 Å². The second-order valence-corrected chi connectivity index (χ2v) is 4.43. The predicted molar refractivity (Wildman–Crippen MR) is 60.5 cm³/mol. The van der Waals surface area contributed by atoms with Crippen molar-refractivity contribution in [3.05, 3.63) is 34.9 Å². The zero-order valence-corrected chi connectivity index (χ0v) is 9.54. The summed E-state index contributed by atoms with van der Waals surface area (Å²) in [5, 5.41) is 9.27. The molecule has 0 aliphatic heterocycles. The molecule has 78 valence electrons. The summed E-state index contributed by atoms with van der Waals surface area (Å²) in [5.74, 6) is 1.01. The van der Waals surface area contributed by atoms with Gasteiger partial charge in [0.25, 0.3) is 0 Å². The molecule has 1 heteroatoms. The van der Waals surface area contributed by atoms with Gasteiger partial charge in [-0.2, -0.15) is 0 Å². The lowest BCUT2D eigenvalue weighted by atomic mass is 9.92. The second-order valence-electron chi connectivity index (χ2n) is 4.43. The van der Waals surface area contributed by atoms with Gasteiger partial charge < -0.3 is 5.11 Å². The molecule has 0 aliphatic rings. The highest BCUT2D eigenvalue weighted by molar-refractivity contribution is 5.34. The van der Waals surface area contributed by atoms with Crippen LogP contribution in [-0.4, -0.2) is 5.11 Å². The van der Waals surface area contributed by atoms with E-state index in [2.05, 4.69) is 45.9 Å². The third kappa shape index (κ3) is 2.36. The van der Waals surface area contributed by atoms with Crippen LogP contribution in [0.25, 0.3) is 0 Å². The summed E-state index contributed by atoms with van der Waals surface area (Å²) in [7, 11) is 0. The fraction of sp³-hybridized carbons (Fsp3) is 0.538. The number of hydrogen-bond donors (Lipinski definition) is 1. The summed E-state index contributed by atoms with van der Waals surface area (Å²) in [6.45, 7) is 8.80. The molecule has 0 spiro atoms. The third-order valence-corrected chi connectivity index (χ3v) is 2.63. The molecule has 0 aromatic heterocycles. The molecule has 0 amide bonds. The van der Waals surface area contributed by atoms with Gasteiger partial charge in [-0.05, 0) is 28.5 Å². The van der Waals surface area contributed by atoms with Crippen LogP contribution in [0.15, 0.2) is 18.2 Å². The van der Waals surface area contributed by atoms with Crippen molar-refractivity contribution in [3.8, 4) is 0 Å². The molecule has 0 saturated carbocycles. The predicted octanol–water partition coefficient (Wildman–Crippen LogP) is 3.43. The molecule has 1 N–H and O–H groups in total. The number of rotatable bonds is 3. The van der Waals surface area contributed by atoms with E-state index in [9.17, 15) is 5.11 Å². The van der Waals surface area contributed by atoms with E-state index in [1.54, 1.807) is 0 Å². The number of benzene rings is 1. The quantitative estimate of drug-likeness (QED) is 0.778. The van der Waals surface area contributed by atoms with Gasteiger partial charge in [-0.1, -0.05) is 45.9 Å². The summed E-state index contributed by atoms with van der Waals surface area (Å²) in [6.07, 6.45) is 0. The van der Waals surface area contributed by atoms with Gasteiger partial charge in [0, 0.05) is 0 Å². The van der Waals surface area contributed by atoms with Crippen LogP contribution in [0.5, 0.6) is 0 Å². The molecular formula is C13H20O. The lowest BCUT2D eigenvalue weighted by Crippen LogP contribution is -1.99. The molecule has 0 unspecified atom stereocenters. The highest BCUT2D eigenvalue weighted by atomic mass is 16.3. The third-order valence-electron chi connectivity index (χ3n) is 2.63. The van der Waals surface area contributed by atoms with E-state index < -0.39 is 0 Å². The van der Waals surface area contributed by atoms with E-state index in [-0.39, 0.29) is 6.61 Å². The summed E-state index contributed by atoms with van der Waals surface area (Å²) >= 11 is 0. The average molecular weight is 192 g/mol. The van der Waals surface area contributed by atoms with Crippen LogP contribution < -0.4 is 0 Å². The minimum atomic E-state index is 0.147. The number of hydrogen-bond acceptors (Lipinski definition) is 1. The zero-order chi connectivity index (χ0) is 10.7. The Morgan fingerprint density at radius 2 is 1.71 bits per heavy atom.